The molecule has 0 spiro atoms. The summed E-state index contributed by atoms with van der Waals surface area (Å²) in [5.41, 5.74) is 1.30. The van der Waals surface area contributed by atoms with E-state index in [9.17, 15) is 9.59 Å². The predicted molar refractivity (Wildman–Crippen MR) is 95.8 cm³/mol. The molecule has 0 radical (unpaired) electrons. The van der Waals surface area contributed by atoms with E-state index >= 15 is 0 Å². The van der Waals surface area contributed by atoms with Crippen LogP contribution in [-0.2, 0) is 11.2 Å². The van der Waals surface area contributed by atoms with Gasteiger partial charge in [-0.1, -0.05) is 12.1 Å². The Hall–Kier alpha value is -2.96. The second-order valence-corrected chi connectivity index (χ2v) is 6.25. The molecule has 1 aromatic heterocycles. The van der Waals surface area contributed by atoms with Crippen molar-refractivity contribution >= 4 is 11.8 Å². The van der Waals surface area contributed by atoms with Crippen LogP contribution >= 0.6 is 0 Å². The first-order valence-corrected chi connectivity index (χ1v) is 8.63. The van der Waals surface area contributed by atoms with Crippen LogP contribution in [0.2, 0.25) is 0 Å². The van der Waals surface area contributed by atoms with E-state index in [0.717, 1.165) is 24.2 Å². The number of hydrogen-bond acceptors (Lipinski definition) is 5. The number of piperidine rings is 1. The van der Waals surface area contributed by atoms with E-state index in [1.807, 2.05) is 24.3 Å². The first-order valence-electron chi connectivity index (χ1n) is 8.63. The highest BCUT2D eigenvalue weighted by Crippen LogP contribution is 2.14. The molecule has 2 aromatic rings. The number of rotatable bonds is 5. The van der Waals surface area contributed by atoms with Gasteiger partial charge in [-0.05, 0) is 30.5 Å². The molecule has 3 rings (SSSR count). The summed E-state index contributed by atoms with van der Waals surface area (Å²) in [7, 11) is 1.61. The van der Waals surface area contributed by atoms with Crippen molar-refractivity contribution in [2.24, 2.45) is 0 Å². The predicted octanol–water partition coefficient (Wildman–Crippen LogP) is 1.45. The summed E-state index contributed by atoms with van der Waals surface area (Å²) in [6.07, 6.45) is 6.34. The Labute approximate surface area is 152 Å². The summed E-state index contributed by atoms with van der Waals surface area (Å²) < 4.78 is 5.12. The largest absolute Gasteiger partial charge is 0.497 e. The molecule has 0 aliphatic carbocycles. The minimum atomic E-state index is -0.110. The van der Waals surface area contributed by atoms with Gasteiger partial charge in [-0.3, -0.25) is 14.6 Å². The lowest BCUT2D eigenvalue weighted by molar-refractivity contribution is -0.121. The normalized spacial score (nSPS) is 14.7. The van der Waals surface area contributed by atoms with Crippen molar-refractivity contribution in [2.75, 3.05) is 20.2 Å². The van der Waals surface area contributed by atoms with Crippen molar-refractivity contribution < 1.29 is 14.3 Å². The zero-order valence-electron chi connectivity index (χ0n) is 14.7. The van der Waals surface area contributed by atoms with Crippen molar-refractivity contribution in [3.8, 4) is 5.75 Å². The first-order chi connectivity index (χ1) is 12.7. The lowest BCUT2D eigenvalue weighted by Gasteiger charge is -2.32. The second-order valence-electron chi connectivity index (χ2n) is 6.25. The number of aromatic nitrogens is 2. The van der Waals surface area contributed by atoms with Crippen LogP contribution in [0, 0.1) is 0 Å². The molecule has 0 unspecified atom stereocenters. The number of carbonyl (C=O) groups excluding carboxylic acids is 2. The molecule has 1 N–H and O–H groups in total. The minimum Gasteiger partial charge on any atom is -0.497 e. The molecular formula is C19H22N4O3. The standard InChI is InChI=1S/C19H22N4O3/c1-26-16-4-2-14(3-5-16)12-18(24)22-15-6-10-23(11-7-15)19(25)17-13-20-8-9-21-17/h2-5,8-9,13,15H,6-7,10-12H2,1H3,(H,22,24). The molecule has 1 saturated heterocycles. The van der Waals surface area contributed by atoms with Crippen LogP contribution in [-0.4, -0.2) is 52.9 Å². The van der Waals surface area contributed by atoms with E-state index in [1.54, 1.807) is 18.2 Å². The summed E-state index contributed by atoms with van der Waals surface area (Å²) in [6.45, 7) is 1.20. The fraction of sp³-hybridized carbons (Fsp3) is 0.368. The maximum absolute atomic E-state index is 12.3. The van der Waals surface area contributed by atoms with Gasteiger partial charge in [0.05, 0.1) is 19.7 Å². The molecule has 0 saturated carbocycles. The summed E-state index contributed by atoms with van der Waals surface area (Å²) in [4.78, 5) is 34.3. The number of likely N-dealkylation sites (tertiary alicyclic amines) is 1. The van der Waals surface area contributed by atoms with Gasteiger partial charge in [0.25, 0.3) is 5.91 Å². The van der Waals surface area contributed by atoms with Gasteiger partial charge in [0.2, 0.25) is 5.91 Å². The minimum absolute atomic E-state index is 0.00568. The van der Waals surface area contributed by atoms with E-state index in [2.05, 4.69) is 15.3 Å². The number of amides is 2. The Morgan fingerprint density at radius 1 is 1.19 bits per heavy atom. The van der Waals surface area contributed by atoms with Crippen molar-refractivity contribution in [2.45, 2.75) is 25.3 Å². The zero-order valence-corrected chi connectivity index (χ0v) is 14.7. The molecule has 26 heavy (non-hydrogen) atoms. The molecular weight excluding hydrogens is 332 g/mol. The Balaban J connectivity index is 1.46. The van der Waals surface area contributed by atoms with Crippen molar-refractivity contribution in [1.29, 1.82) is 0 Å². The van der Waals surface area contributed by atoms with Crippen LogP contribution in [0.5, 0.6) is 5.75 Å². The van der Waals surface area contributed by atoms with Crippen LogP contribution in [0.3, 0.4) is 0 Å². The van der Waals surface area contributed by atoms with E-state index < -0.39 is 0 Å². The van der Waals surface area contributed by atoms with E-state index in [0.29, 0.717) is 25.2 Å². The third kappa shape index (κ3) is 4.56. The lowest BCUT2D eigenvalue weighted by Crippen LogP contribution is -2.47. The van der Waals surface area contributed by atoms with Gasteiger partial charge in [0.1, 0.15) is 11.4 Å². The molecule has 0 atom stereocenters. The van der Waals surface area contributed by atoms with Gasteiger partial charge in [-0.25, -0.2) is 4.98 Å². The number of benzene rings is 1. The fourth-order valence-corrected chi connectivity index (χ4v) is 3.01. The number of nitrogens with one attached hydrogen (secondary N) is 1. The second kappa shape index (κ2) is 8.42. The maximum atomic E-state index is 12.3. The third-order valence-electron chi connectivity index (χ3n) is 4.45. The molecule has 1 aliphatic rings. The summed E-state index contributed by atoms with van der Waals surface area (Å²) in [5, 5.41) is 3.06. The van der Waals surface area contributed by atoms with Crippen LogP contribution in [0.15, 0.2) is 42.9 Å². The van der Waals surface area contributed by atoms with E-state index in [1.165, 1.54) is 12.4 Å². The average Bonchev–Trinajstić information content (AvgIpc) is 2.69. The van der Waals surface area contributed by atoms with Gasteiger partial charge in [-0.2, -0.15) is 0 Å². The number of nitrogens with zero attached hydrogens (tertiary/aromatic N) is 3. The van der Waals surface area contributed by atoms with Crippen LogP contribution in [0.25, 0.3) is 0 Å². The molecule has 7 nitrogen and oxygen atoms in total. The number of hydrogen-bond donors (Lipinski definition) is 1. The molecule has 1 fully saturated rings. The fourth-order valence-electron chi connectivity index (χ4n) is 3.01. The first kappa shape index (κ1) is 17.8. The van der Waals surface area contributed by atoms with Crippen LogP contribution < -0.4 is 10.1 Å². The number of carbonyl (C=O) groups is 2. The van der Waals surface area contributed by atoms with Gasteiger partial charge in [-0.15, -0.1) is 0 Å². The summed E-state index contributed by atoms with van der Waals surface area (Å²) in [6, 6.07) is 7.56. The highest BCUT2D eigenvalue weighted by atomic mass is 16.5. The number of methoxy groups -OCH3 is 1. The summed E-state index contributed by atoms with van der Waals surface area (Å²) in [5.74, 6) is 0.657. The van der Waals surface area contributed by atoms with E-state index in [-0.39, 0.29) is 17.9 Å². The van der Waals surface area contributed by atoms with Crippen molar-refractivity contribution in [3.05, 3.63) is 54.1 Å². The Morgan fingerprint density at radius 3 is 2.54 bits per heavy atom. The Bertz CT molecular complexity index is 741. The summed E-state index contributed by atoms with van der Waals surface area (Å²) >= 11 is 0. The van der Waals surface area contributed by atoms with Crippen molar-refractivity contribution in [1.82, 2.24) is 20.2 Å². The molecule has 0 bridgehead atoms. The molecule has 2 heterocycles. The van der Waals surface area contributed by atoms with E-state index in [4.69, 9.17) is 4.74 Å². The molecule has 2 amide bonds. The van der Waals surface area contributed by atoms with Gasteiger partial charge in [0.15, 0.2) is 0 Å². The topological polar surface area (TPSA) is 84.4 Å². The van der Waals surface area contributed by atoms with Gasteiger partial charge >= 0.3 is 0 Å². The molecule has 1 aliphatic heterocycles. The molecule has 7 heteroatoms. The third-order valence-corrected chi connectivity index (χ3v) is 4.45. The van der Waals surface area contributed by atoms with Crippen molar-refractivity contribution in [3.63, 3.8) is 0 Å². The number of ether oxygens (including phenoxy) is 1. The zero-order chi connectivity index (χ0) is 18.4. The highest BCUT2D eigenvalue weighted by Gasteiger charge is 2.25. The van der Waals surface area contributed by atoms with Crippen LogP contribution in [0.4, 0.5) is 0 Å². The van der Waals surface area contributed by atoms with Crippen LogP contribution in [0.1, 0.15) is 28.9 Å². The molecule has 136 valence electrons. The Morgan fingerprint density at radius 2 is 1.92 bits per heavy atom. The monoisotopic (exact) mass is 354 g/mol. The van der Waals surface area contributed by atoms with Gasteiger partial charge < -0.3 is 15.0 Å². The smallest absolute Gasteiger partial charge is 0.274 e. The van der Waals surface area contributed by atoms with Gasteiger partial charge in [0, 0.05) is 31.5 Å². The quantitative estimate of drug-likeness (QED) is 0.878. The Kier molecular flexibility index (Phi) is 5.78. The SMILES string of the molecule is COc1ccc(CC(=O)NC2CCN(C(=O)c3cnccn3)CC2)cc1. The highest BCUT2D eigenvalue weighted by molar-refractivity contribution is 5.92. The maximum Gasteiger partial charge on any atom is 0.274 e. The lowest BCUT2D eigenvalue weighted by atomic mass is 10.0. The average molecular weight is 354 g/mol. The molecule has 1 aromatic carbocycles.